The number of hydrogen-bond donors (Lipinski definition) is 3. The van der Waals surface area contributed by atoms with Crippen LogP contribution < -0.4 is 10.6 Å². The maximum absolute atomic E-state index is 14.0. The van der Waals surface area contributed by atoms with Gasteiger partial charge in [0, 0.05) is 6.04 Å². The van der Waals surface area contributed by atoms with Crippen LogP contribution in [-0.4, -0.2) is 47.0 Å². The fraction of sp³-hybridized carbons (Fsp3) is 0.190. The fourth-order valence-electron chi connectivity index (χ4n) is 6.13. The van der Waals surface area contributed by atoms with E-state index in [1.54, 1.807) is 31.2 Å². The minimum Gasteiger partial charge on any atom is -0.481 e. The molecule has 258 valence electrons. The highest BCUT2D eigenvalue weighted by molar-refractivity contribution is 5.87. The third-order valence-corrected chi connectivity index (χ3v) is 8.78. The van der Waals surface area contributed by atoms with Crippen molar-refractivity contribution in [3.8, 4) is 22.3 Å². The second kappa shape index (κ2) is 16.1. The van der Waals surface area contributed by atoms with Crippen LogP contribution >= 0.6 is 0 Å². The highest BCUT2D eigenvalue weighted by atomic mass is 16.7. The zero-order valence-corrected chi connectivity index (χ0v) is 28.0. The number of fused-ring (bicyclic) bond motifs is 1. The standard InChI is InChI=1S/C42H38N2O7/c1-27(24-38(45)46)43-39(47)36(25-28-16-20-32(21-17-28)30-10-4-2-5-11-30)44-37(26-29-18-22-33(23-19-29)31-12-6-3-7-13-31)41(49)51-42-35-15-9-8-14-34(35)40(48)50-42/h2-23,27,34,36-37,44H,24-26H2,1H3,(H,43,47)(H,45,46)/t27-,34?,36+,37?/m1/s1. The van der Waals surface area contributed by atoms with Crippen LogP contribution in [0.2, 0.25) is 0 Å². The molecule has 1 heterocycles. The quantitative estimate of drug-likeness (QED) is 0.135. The van der Waals surface area contributed by atoms with Crippen molar-refractivity contribution >= 4 is 23.8 Å². The summed E-state index contributed by atoms with van der Waals surface area (Å²) in [5, 5.41) is 15.3. The number of hydrogen-bond acceptors (Lipinski definition) is 7. The number of esters is 2. The van der Waals surface area contributed by atoms with E-state index in [1.807, 2.05) is 109 Å². The van der Waals surface area contributed by atoms with E-state index < -0.39 is 47.9 Å². The van der Waals surface area contributed by atoms with Gasteiger partial charge in [0.25, 0.3) is 5.95 Å². The lowest BCUT2D eigenvalue weighted by Gasteiger charge is -2.26. The molecule has 0 spiro atoms. The first-order valence-corrected chi connectivity index (χ1v) is 16.8. The number of carbonyl (C=O) groups is 4. The SMILES string of the molecule is C[C@H](CC(=O)O)NC(=O)[C@H](Cc1ccc(-c2ccccc2)cc1)NC(Cc1ccc(-c2ccccc2)cc1)C(=O)OC1=C2C=CC=CC2C(=O)O1. The van der Waals surface area contributed by atoms with Gasteiger partial charge in [-0.2, -0.15) is 0 Å². The third-order valence-electron chi connectivity index (χ3n) is 8.78. The molecule has 0 saturated heterocycles. The number of nitrogens with one attached hydrogen (secondary N) is 2. The Hall–Kier alpha value is -6.06. The van der Waals surface area contributed by atoms with Crippen LogP contribution in [0.5, 0.6) is 0 Å². The molecule has 0 fully saturated rings. The summed E-state index contributed by atoms with van der Waals surface area (Å²) in [4.78, 5) is 51.7. The van der Waals surface area contributed by atoms with Crippen LogP contribution in [0.15, 0.2) is 145 Å². The maximum Gasteiger partial charge on any atom is 0.331 e. The molecule has 4 atom stereocenters. The Kier molecular flexibility index (Phi) is 11.0. The van der Waals surface area contributed by atoms with Crippen LogP contribution in [0.25, 0.3) is 22.3 Å². The second-order valence-corrected chi connectivity index (χ2v) is 12.6. The highest BCUT2D eigenvalue weighted by Gasteiger charge is 2.38. The molecule has 0 aromatic heterocycles. The largest absolute Gasteiger partial charge is 0.481 e. The van der Waals surface area contributed by atoms with Crippen molar-refractivity contribution in [1.82, 2.24) is 10.6 Å². The van der Waals surface area contributed by atoms with Gasteiger partial charge in [-0.05, 0) is 53.1 Å². The van der Waals surface area contributed by atoms with Crippen molar-refractivity contribution in [3.63, 3.8) is 0 Å². The molecule has 0 saturated carbocycles. The minimum absolute atomic E-state index is 0.144. The molecule has 1 aliphatic carbocycles. The van der Waals surface area contributed by atoms with Crippen molar-refractivity contribution < 1.29 is 33.8 Å². The minimum atomic E-state index is -1.06. The Balaban J connectivity index is 1.28. The molecule has 6 rings (SSSR count). The Labute approximate surface area is 296 Å². The first-order chi connectivity index (χ1) is 24.7. The number of rotatable bonds is 14. The number of amides is 1. The normalized spacial score (nSPS) is 16.5. The maximum atomic E-state index is 14.0. The zero-order chi connectivity index (χ0) is 35.7. The van der Waals surface area contributed by atoms with Gasteiger partial charge in [0.05, 0.1) is 18.0 Å². The predicted molar refractivity (Wildman–Crippen MR) is 193 cm³/mol. The molecular weight excluding hydrogens is 644 g/mol. The van der Waals surface area contributed by atoms with E-state index in [0.717, 1.165) is 33.4 Å². The van der Waals surface area contributed by atoms with E-state index in [9.17, 15) is 24.3 Å². The number of carboxylic acid groups (broad SMARTS) is 1. The average Bonchev–Trinajstić information content (AvgIpc) is 3.46. The Morgan fingerprint density at radius 3 is 1.82 bits per heavy atom. The van der Waals surface area contributed by atoms with Crippen LogP contribution in [0.4, 0.5) is 0 Å². The van der Waals surface area contributed by atoms with Gasteiger partial charge in [0.1, 0.15) is 12.0 Å². The summed E-state index contributed by atoms with van der Waals surface area (Å²) in [5.74, 6) is -3.65. The van der Waals surface area contributed by atoms with Crippen molar-refractivity contribution in [2.24, 2.45) is 5.92 Å². The molecule has 4 aromatic rings. The van der Waals surface area contributed by atoms with Gasteiger partial charge in [-0.25, -0.2) is 4.79 Å². The number of carbonyl (C=O) groups excluding carboxylic acids is 3. The van der Waals surface area contributed by atoms with Crippen molar-refractivity contribution in [2.75, 3.05) is 0 Å². The fourth-order valence-corrected chi connectivity index (χ4v) is 6.13. The van der Waals surface area contributed by atoms with Crippen LogP contribution in [-0.2, 0) is 41.5 Å². The van der Waals surface area contributed by atoms with Crippen molar-refractivity contribution in [3.05, 3.63) is 156 Å². The number of ether oxygens (including phenoxy) is 2. The smallest absolute Gasteiger partial charge is 0.331 e. The summed E-state index contributed by atoms with van der Waals surface area (Å²) >= 11 is 0. The molecule has 0 bridgehead atoms. The molecule has 2 unspecified atom stereocenters. The molecule has 1 aliphatic heterocycles. The molecule has 1 amide bonds. The summed E-state index contributed by atoms with van der Waals surface area (Å²) in [5.41, 5.74) is 6.17. The van der Waals surface area contributed by atoms with Crippen LogP contribution in [0, 0.1) is 5.92 Å². The van der Waals surface area contributed by atoms with Crippen molar-refractivity contribution in [1.29, 1.82) is 0 Å². The first kappa shape index (κ1) is 34.8. The average molecular weight is 683 g/mol. The Morgan fingerprint density at radius 1 is 0.745 bits per heavy atom. The van der Waals surface area contributed by atoms with Crippen LogP contribution in [0.1, 0.15) is 24.5 Å². The molecule has 2 aliphatic rings. The van der Waals surface area contributed by atoms with Gasteiger partial charge in [-0.15, -0.1) is 0 Å². The van der Waals surface area contributed by atoms with E-state index in [2.05, 4.69) is 10.6 Å². The molecule has 0 radical (unpaired) electrons. The van der Waals surface area contributed by atoms with Gasteiger partial charge < -0.3 is 19.9 Å². The lowest BCUT2D eigenvalue weighted by molar-refractivity contribution is -0.153. The number of cyclic esters (lactones) is 1. The van der Waals surface area contributed by atoms with Gasteiger partial charge >= 0.3 is 17.9 Å². The number of aliphatic carboxylic acids is 1. The van der Waals surface area contributed by atoms with E-state index >= 15 is 0 Å². The van der Waals surface area contributed by atoms with Gasteiger partial charge in [0.15, 0.2) is 0 Å². The summed E-state index contributed by atoms with van der Waals surface area (Å²) in [6.07, 6.45) is 6.86. The first-order valence-electron chi connectivity index (χ1n) is 16.8. The highest BCUT2D eigenvalue weighted by Crippen LogP contribution is 2.32. The molecular formula is C42H38N2O7. The molecule has 3 N–H and O–H groups in total. The van der Waals surface area contributed by atoms with Crippen molar-refractivity contribution in [2.45, 2.75) is 44.3 Å². The van der Waals surface area contributed by atoms with Gasteiger partial charge in [-0.3, -0.25) is 19.7 Å². The van der Waals surface area contributed by atoms with Gasteiger partial charge in [0.2, 0.25) is 5.91 Å². The number of carboxylic acids is 1. The topological polar surface area (TPSA) is 131 Å². The predicted octanol–water partition coefficient (Wildman–Crippen LogP) is 6.17. The Morgan fingerprint density at radius 2 is 1.27 bits per heavy atom. The molecule has 9 heteroatoms. The lowest BCUT2D eigenvalue weighted by Crippen LogP contribution is -2.54. The molecule has 4 aromatic carbocycles. The summed E-state index contributed by atoms with van der Waals surface area (Å²) < 4.78 is 11.1. The third kappa shape index (κ3) is 8.95. The lowest BCUT2D eigenvalue weighted by atomic mass is 9.97. The van der Waals surface area contributed by atoms with E-state index in [4.69, 9.17) is 9.47 Å². The monoisotopic (exact) mass is 682 g/mol. The summed E-state index contributed by atoms with van der Waals surface area (Å²) in [7, 11) is 0. The summed E-state index contributed by atoms with van der Waals surface area (Å²) in [6, 6.07) is 32.7. The Bertz CT molecular complexity index is 1970. The van der Waals surface area contributed by atoms with E-state index in [0.29, 0.717) is 5.57 Å². The molecule has 9 nitrogen and oxygen atoms in total. The van der Waals surface area contributed by atoms with Gasteiger partial charge in [-0.1, -0.05) is 133 Å². The van der Waals surface area contributed by atoms with E-state index in [-0.39, 0.29) is 25.2 Å². The molecule has 51 heavy (non-hydrogen) atoms. The number of benzene rings is 4. The zero-order valence-electron chi connectivity index (χ0n) is 28.0. The van der Waals surface area contributed by atoms with Crippen LogP contribution in [0.3, 0.4) is 0 Å². The number of allylic oxidation sites excluding steroid dienone is 3. The van der Waals surface area contributed by atoms with E-state index in [1.165, 1.54) is 0 Å². The summed E-state index contributed by atoms with van der Waals surface area (Å²) in [6.45, 7) is 1.61. The second-order valence-electron chi connectivity index (χ2n) is 12.6.